The molecule has 0 radical (unpaired) electrons. The molecule has 0 saturated carbocycles. The normalized spacial score (nSPS) is 20.9. The first kappa shape index (κ1) is 37.6. The van der Waals surface area contributed by atoms with Crippen LogP contribution in [0.5, 0.6) is 0 Å². The molecule has 3 rings (SSSR count). The Morgan fingerprint density at radius 3 is 2.17 bits per heavy atom. The first-order chi connectivity index (χ1) is 22.0. The Morgan fingerprint density at radius 2 is 1.57 bits per heavy atom. The minimum Gasteiger partial charge on any atom is -0.489 e. The van der Waals surface area contributed by atoms with Crippen LogP contribution in [-0.2, 0) is 41.7 Å². The van der Waals surface area contributed by atoms with Gasteiger partial charge >= 0.3 is 12.1 Å². The standard InChI is InChI=1S/C36H54N4O7/c1-25-10-15-29(9-8-20-40(33(25)43)30(32(37)42)16-17-31(41)46-35(2,3)4)45-24-27-13-11-26(12-14-27)23-39-21-18-28(19-22-39)38-34(44)47-36(5,6)7/h9-15,25,28,30H,8,16-24H2,1-7H3,(H2,37,42)(H,38,44)/b15-10-,29-9+/t25?,30-/m0/s1. The maximum absolute atomic E-state index is 13.3. The van der Waals surface area contributed by atoms with E-state index in [1.807, 2.05) is 26.8 Å². The number of alkyl carbamates (subject to hydrolysis) is 1. The third kappa shape index (κ3) is 13.4. The van der Waals surface area contributed by atoms with Crippen molar-refractivity contribution in [2.24, 2.45) is 11.7 Å². The van der Waals surface area contributed by atoms with Crippen molar-refractivity contribution < 1.29 is 33.4 Å². The van der Waals surface area contributed by atoms with E-state index in [-0.39, 0.29) is 37.4 Å². The fourth-order valence-electron chi connectivity index (χ4n) is 5.50. The van der Waals surface area contributed by atoms with Gasteiger partial charge in [-0.25, -0.2) is 4.79 Å². The molecule has 0 bridgehead atoms. The van der Waals surface area contributed by atoms with E-state index in [1.54, 1.807) is 39.8 Å². The lowest BCUT2D eigenvalue weighted by molar-refractivity contribution is -0.156. The Kier molecular flexibility index (Phi) is 13.4. The monoisotopic (exact) mass is 654 g/mol. The number of primary amides is 1. The number of ether oxygens (including phenoxy) is 3. The summed E-state index contributed by atoms with van der Waals surface area (Å²) >= 11 is 0. The van der Waals surface area contributed by atoms with E-state index in [9.17, 15) is 19.2 Å². The van der Waals surface area contributed by atoms with Crippen LogP contribution in [0.2, 0.25) is 0 Å². The number of nitrogens with one attached hydrogen (secondary N) is 1. The summed E-state index contributed by atoms with van der Waals surface area (Å²) in [5.74, 6) is -1.20. The predicted octanol–water partition coefficient (Wildman–Crippen LogP) is 4.98. The van der Waals surface area contributed by atoms with Crippen molar-refractivity contribution in [1.29, 1.82) is 0 Å². The van der Waals surface area contributed by atoms with Crippen LogP contribution in [0, 0.1) is 5.92 Å². The van der Waals surface area contributed by atoms with Crippen LogP contribution in [0.4, 0.5) is 4.79 Å². The van der Waals surface area contributed by atoms with Gasteiger partial charge in [0.25, 0.3) is 0 Å². The summed E-state index contributed by atoms with van der Waals surface area (Å²) < 4.78 is 16.9. The fraction of sp³-hybridized carbons (Fsp3) is 0.611. The summed E-state index contributed by atoms with van der Waals surface area (Å²) in [4.78, 5) is 53.9. The quantitative estimate of drug-likeness (QED) is 0.319. The maximum atomic E-state index is 13.3. The molecule has 11 heteroatoms. The zero-order valence-electron chi connectivity index (χ0n) is 29.2. The van der Waals surface area contributed by atoms with Crippen molar-refractivity contribution in [1.82, 2.24) is 15.1 Å². The summed E-state index contributed by atoms with van der Waals surface area (Å²) in [7, 11) is 0. The number of carbonyl (C=O) groups excluding carboxylic acids is 4. The number of hydrogen-bond donors (Lipinski definition) is 2. The number of likely N-dealkylation sites (tertiary alicyclic amines) is 1. The number of piperidine rings is 1. The van der Waals surface area contributed by atoms with Crippen molar-refractivity contribution in [3.05, 3.63) is 59.4 Å². The lowest BCUT2D eigenvalue weighted by Crippen LogP contribution is -2.50. The molecule has 1 aromatic rings. The second kappa shape index (κ2) is 16.8. The third-order valence-corrected chi connectivity index (χ3v) is 7.83. The van der Waals surface area contributed by atoms with Gasteiger partial charge in [-0.2, -0.15) is 0 Å². The molecule has 0 aromatic heterocycles. The van der Waals surface area contributed by atoms with E-state index in [0.29, 0.717) is 18.8 Å². The number of nitrogens with zero attached hydrogens (tertiary/aromatic N) is 2. The molecule has 2 aliphatic rings. The summed E-state index contributed by atoms with van der Waals surface area (Å²) in [6.45, 7) is 15.9. The summed E-state index contributed by atoms with van der Waals surface area (Å²) in [6, 6.07) is 7.54. The second-order valence-corrected chi connectivity index (χ2v) is 14.4. The zero-order chi connectivity index (χ0) is 34.8. The first-order valence-corrected chi connectivity index (χ1v) is 16.6. The van der Waals surface area contributed by atoms with Crippen LogP contribution in [0.3, 0.4) is 0 Å². The SMILES string of the molecule is CC1/C=C\C(OCc2ccc(CN3CCC(NC(=O)OC(C)(C)C)CC3)cc2)=C/CCN([C@@H](CCC(=O)OC(C)(C)C)C(N)=O)C1=O. The van der Waals surface area contributed by atoms with Crippen LogP contribution in [0.15, 0.2) is 48.3 Å². The average Bonchev–Trinajstić information content (AvgIpc) is 3.02. The van der Waals surface area contributed by atoms with E-state index < -0.39 is 35.0 Å². The highest BCUT2D eigenvalue weighted by Gasteiger charge is 2.31. The van der Waals surface area contributed by atoms with Gasteiger partial charge in [0, 0.05) is 38.6 Å². The van der Waals surface area contributed by atoms with Crippen LogP contribution >= 0.6 is 0 Å². The maximum Gasteiger partial charge on any atom is 0.407 e. The number of rotatable bonds is 11. The lowest BCUT2D eigenvalue weighted by atomic mass is 10.0. The van der Waals surface area contributed by atoms with Crippen molar-refractivity contribution in [2.75, 3.05) is 19.6 Å². The smallest absolute Gasteiger partial charge is 0.407 e. The molecule has 1 aromatic carbocycles. The molecule has 3 amide bonds. The molecule has 47 heavy (non-hydrogen) atoms. The number of esters is 1. The second-order valence-electron chi connectivity index (χ2n) is 14.4. The van der Waals surface area contributed by atoms with Crippen LogP contribution in [0.25, 0.3) is 0 Å². The molecule has 3 N–H and O–H groups in total. The molecule has 0 spiro atoms. The molecule has 260 valence electrons. The average molecular weight is 655 g/mol. The molecular formula is C36H54N4O7. The Balaban J connectivity index is 1.50. The highest BCUT2D eigenvalue weighted by Crippen LogP contribution is 2.20. The van der Waals surface area contributed by atoms with E-state index >= 15 is 0 Å². The molecular weight excluding hydrogens is 600 g/mol. The van der Waals surface area contributed by atoms with E-state index in [2.05, 4.69) is 34.5 Å². The topological polar surface area (TPSA) is 140 Å². The predicted molar refractivity (Wildman–Crippen MR) is 180 cm³/mol. The summed E-state index contributed by atoms with van der Waals surface area (Å²) in [6.07, 6.45) is 7.38. The molecule has 2 heterocycles. The van der Waals surface area contributed by atoms with E-state index in [0.717, 1.165) is 38.0 Å². The Morgan fingerprint density at radius 1 is 0.957 bits per heavy atom. The van der Waals surface area contributed by atoms with Crippen molar-refractivity contribution in [3.63, 3.8) is 0 Å². The van der Waals surface area contributed by atoms with Gasteiger partial charge in [0.1, 0.15) is 29.6 Å². The number of benzene rings is 1. The number of nitrogens with two attached hydrogens (primary N) is 1. The largest absolute Gasteiger partial charge is 0.489 e. The van der Waals surface area contributed by atoms with Crippen LogP contribution in [0.1, 0.15) is 91.7 Å². The Hall–Kier alpha value is -3.86. The number of carbonyl (C=O) groups is 4. The number of allylic oxidation sites excluding steroid dienone is 1. The van der Waals surface area contributed by atoms with Crippen LogP contribution in [-0.4, -0.2) is 76.6 Å². The summed E-state index contributed by atoms with van der Waals surface area (Å²) in [5.41, 5.74) is 6.77. The molecule has 2 aliphatic heterocycles. The Labute approximate surface area is 279 Å². The third-order valence-electron chi connectivity index (χ3n) is 7.83. The lowest BCUT2D eigenvalue weighted by Gasteiger charge is -2.32. The number of hydrogen-bond acceptors (Lipinski definition) is 8. The summed E-state index contributed by atoms with van der Waals surface area (Å²) in [5, 5.41) is 2.99. The highest BCUT2D eigenvalue weighted by molar-refractivity contribution is 5.88. The van der Waals surface area contributed by atoms with E-state index in [1.165, 1.54) is 10.5 Å². The van der Waals surface area contributed by atoms with Gasteiger partial charge in [0.05, 0.1) is 5.92 Å². The highest BCUT2D eigenvalue weighted by atomic mass is 16.6. The fourth-order valence-corrected chi connectivity index (χ4v) is 5.50. The van der Waals surface area contributed by atoms with E-state index in [4.69, 9.17) is 19.9 Å². The van der Waals surface area contributed by atoms with Crippen molar-refractivity contribution in [2.45, 2.75) is 117 Å². The van der Waals surface area contributed by atoms with Crippen molar-refractivity contribution >= 4 is 23.9 Å². The minimum atomic E-state index is -0.916. The zero-order valence-corrected chi connectivity index (χ0v) is 29.2. The molecule has 1 unspecified atom stereocenters. The van der Waals surface area contributed by atoms with Crippen LogP contribution < -0.4 is 11.1 Å². The minimum absolute atomic E-state index is 0.0201. The van der Waals surface area contributed by atoms with Crippen molar-refractivity contribution in [3.8, 4) is 0 Å². The molecule has 1 fully saturated rings. The molecule has 0 aliphatic carbocycles. The molecule has 2 atom stereocenters. The van der Waals surface area contributed by atoms with Gasteiger partial charge in [-0.3, -0.25) is 19.3 Å². The molecule has 11 nitrogen and oxygen atoms in total. The van der Waals surface area contributed by atoms with Gasteiger partial charge in [-0.05, 0) is 90.5 Å². The first-order valence-electron chi connectivity index (χ1n) is 16.6. The van der Waals surface area contributed by atoms with Gasteiger partial charge in [0.15, 0.2) is 0 Å². The Bertz CT molecular complexity index is 1290. The van der Waals surface area contributed by atoms with Gasteiger partial charge in [0.2, 0.25) is 11.8 Å². The van der Waals surface area contributed by atoms with Gasteiger partial charge < -0.3 is 30.2 Å². The van der Waals surface area contributed by atoms with Gasteiger partial charge in [-0.1, -0.05) is 37.3 Å². The number of amides is 3. The molecule has 1 saturated heterocycles. The van der Waals surface area contributed by atoms with Gasteiger partial charge in [-0.15, -0.1) is 0 Å².